The molecule has 8 heteroatoms. The fourth-order valence-electron chi connectivity index (χ4n) is 3.48. The number of halogens is 2. The predicted molar refractivity (Wildman–Crippen MR) is 138 cm³/mol. The minimum atomic E-state index is -0.593. The molecule has 3 aromatic carbocycles. The Morgan fingerprint density at radius 2 is 1.59 bits per heavy atom. The first-order valence-corrected chi connectivity index (χ1v) is 12.0. The highest BCUT2D eigenvalue weighted by Crippen LogP contribution is 2.42. The number of aryl methyl sites for hydroxylation is 1. The van der Waals surface area contributed by atoms with Crippen molar-refractivity contribution in [2.75, 3.05) is 10.2 Å². The highest BCUT2D eigenvalue weighted by molar-refractivity contribution is 8.05. The van der Waals surface area contributed by atoms with Crippen LogP contribution in [0.1, 0.15) is 11.1 Å². The van der Waals surface area contributed by atoms with Crippen LogP contribution < -0.4 is 10.2 Å². The van der Waals surface area contributed by atoms with Crippen molar-refractivity contribution < 1.29 is 9.59 Å². The van der Waals surface area contributed by atoms with Crippen LogP contribution in [0.4, 0.5) is 11.4 Å². The lowest BCUT2D eigenvalue weighted by atomic mass is 10.1. The third-order valence-electron chi connectivity index (χ3n) is 5.23. The molecule has 0 radical (unpaired) electrons. The molecule has 1 aliphatic heterocycles. The van der Waals surface area contributed by atoms with Crippen molar-refractivity contribution in [3.05, 3.63) is 105 Å². The lowest BCUT2D eigenvalue weighted by Gasteiger charge is -2.19. The molecular weight excluding hydrogens is 489 g/mol. The van der Waals surface area contributed by atoms with Crippen molar-refractivity contribution in [3.63, 3.8) is 0 Å². The maximum Gasteiger partial charge on any atom is 0.269 e. The molecule has 1 aliphatic rings. The number of anilines is 2. The molecule has 0 aliphatic carbocycles. The molecule has 0 saturated carbocycles. The summed E-state index contributed by atoms with van der Waals surface area (Å²) in [6, 6.07) is 23.3. The second kappa shape index (κ2) is 10.4. The van der Waals surface area contributed by atoms with E-state index in [1.807, 2.05) is 49.4 Å². The fraction of sp³-hybridized carbons (Fsp3) is 0.115. The molecule has 0 aromatic heterocycles. The molecule has 3 aromatic rings. The smallest absolute Gasteiger partial charge is 0.269 e. The quantitative estimate of drug-likeness (QED) is 0.321. The number of nitrogens with zero attached hydrogens (tertiary/aromatic N) is 2. The predicted octanol–water partition coefficient (Wildman–Crippen LogP) is 6.37. The van der Waals surface area contributed by atoms with E-state index in [0.29, 0.717) is 32.9 Å². The van der Waals surface area contributed by atoms with Crippen molar-refractivity contribution >= 4 is 58.2 Å². The number of benzene rings is 3. The molecule has 1 atom stereocenters. The summed E-state index contributed by atoms with van der Waals surface area (Å²) in [5, 5.41) is 13.6. The summed E-state index contributed by atoms with van der Waals surface area (Å²) in [5.74, 6) is -0.782. The Morgan fingerprint density at radius 3 is 2.18 bits per heavy atom. The Kier molecular flexibility index (Phi) is 7.28. The Balaban J connectivity index is 1.71. The summed E-state index contributed by atoms with van der Waals surface area (Å²) >= 11 is 13.1. The normalized spacial score (nSPS) is 16.8. The first kappa shape index (κ1) is 23.9. The van der Waals surface area contributed by atoms with E-state index in [9.17, 15) is 14.9 Å². The highest BCUT2D eigenvalue weighted by atomic mass is 35.5. The minimum absolute atomic E-state index is 0.132. The molecule has 1 fully saturated rings. The number of rotatable bonds is 5. The van der Waals surface area contributed by atoms with E-state index in [2.05, 4.69) is 5.32 Å². The summed E-state index contributed by atoms with van der Waals surface area (Å²) in [6.07, 6.45) is 0.435. The third kappa shape index (κ3) is 5.28. The van der Waals surface area contributed by atoms with Gasteiger partial charge in [-0.3, -0.25) is 14.5 Å². The molecular formula is C26H19Cl2N3O2S. The zero-order valence-electron chi connectivity index (χ0n) is 18.1. The van der Waals surface area contributed by atoms with Crippen LogP contribution >= 0.6 is 35.0 Å². The van der Waals surface area contributed by atoms with Gasteiger partial charge in [-0.25, -0.2) is 0 Å². The summed E-state index contributed by atoms with van der Waals surface area (Å²) in [5.41, 5.74) is 2.93. The van der Waals surface area contributed by atoms with E-state index in [1.165, 1.54) is 16.7 Å². The van der Waals surface area contributed by atoms with E-state index in [-0.39, 0.29) is 11.5 Å². The molecule has 1 N–H and O–H groups in total. The number of carbonyl (C=O) groups excluding carboxylic acids is 2. The first-order chi connectivity index (χ1) is 16.4. The van der Waals surface area contributed by atoms with Gasteiger partial charge in [0, 0.05) is 21.4 Å². The zero-order chi connectivity index (χ0) is 24.2. The second-order valence-electron chi connectivity index (χ2n) is 7.70. The average Bonchev–Trinajstić information content (AvgIpc) is 3.13. The highest BCUT2D eigenvalue weighted by Gasteiger charge is 2.40. The largest absolute Gasteiger partial charge is 0.321 e. The van der Waals surface area contributed by atoms with Crippen LogP contribution in [0.25, 0.3) is 0 Å². The van der Waals surface area contributed by atoms with Gasteiger partial charge in [-0.15, -0.1) is 0 Å². The van der Waals surface area contributed by atoms with Gasteiger partial charge in [-0.05, 0) is 67.4 Å². The van der Waals surface area contributed by atoms with Crippen molar-refractivity contribution in [2.24, 2.45) is 0 Å². The number of hydrogen-bond donors (Lipinski definition) is 1. The van der Waals surface area contributed by atoms with Gasteiger partial charge in [0.1, 0.15) is 16.7 Å². The van der Waals surface area contributed by atoms with Crippen LogP contribution in [0, 0.1) is 18.3 Å². The van der Waals surface area contributed by atoms with E-state index < -0.39 is 11.2 Å². The second-order valence-corrected chi connectivity index (χ2v) is 9.76. The molecule has 5 nitrogen and oxygen atoms in total. The minimum Gasteiger partial charge on any atom is -0.321 e. The number of carbonyl (C=O) groups is 2. The van der Waals surface area contributed by atoms with Crippen LogP contribution in [-0.2, 0) is 16.0 Å². The van der Waals surface area contributed by atoms with E-state index in [1.54, 1.807) is 36.4 Å². The molecule has 2 amide bonds. The van der Waals surface area contributed by atoms with Gasteiger partial charge in [0.15, 0.2) is 0 Å². The van der Waals surface area contributed by atoms with Crippen LogP contribution in [0.2, 0.25) is 10.0 Å². The zero-order valence-corrected chi connectivity index (χ0v) is 20.4. The maximum atomic E-state index is 13.5. The molecule has 170 valence electrons. The number of amides is 2. The molecule has 1 unspecified atom stereocenters. The number of nitriles is 1. The Labute approximate surface area is 212 Å². The monoisotopic (exact) mass is 507 g/mol. The summed E-state index contributed by atoms with van der Waals surface area (Å²) < 4.78 is 0. The first-order valence-electron chi connectivity index (χ1n) is 10.4. The van der Waals surface area contributed by atoms with Gasteiger partial charge < -0.3 is 5.32 Å². The van der Waals surface area contributed by atoms with E-state index in [4.69, 9.17) is 23.2 Å². The van der Waals surface area contributed by atoms with Crippen LogP contribution in [0.15, 0.2) is 83.4 Å². The standard InChI is InChI=1S/C26H19Cl2N3O2S/c1-16-2-12-21(13-3-16)31-25(33)23(14-17-4-6-18(27)7-5-17)34-26(31)22(15-29)24(32)30-20-10-8-19(28)9-11-20/h2-13,23H,14H2,1H3,(H,30,32)/b26-22-. The molecule has 0 spiro atoms. The SMILES string of the molecule is Cc1ccc(N2C(=O)C(Cc3ccc(Cl)cc3)S/C2=C(/C#N)C(=O)Nc2ccc(Cl)cc2)cc1. The fourth-order valence-corrected chi connectivity index (χ4v) is 5.04. The summed E-state index contributed by atoms with van der Waals surface area (Å²) in [4.78, 5) is 28.0. The van der Waals surface area contributed by atoms with Gasteiger partial charge in [-0.2, -0.15) is 5.26 Å². The van der Waals surface area contributed by atoms with Gasteiger partial charge in [-0.1, -0.05) is 64.8 Å². The van der Waals surface area contributed by atoms with Crippen LogP contribution in [0.3, 0.4) is 0 Å². The third-order valence-corrected chi connectivity index (χ3v) is 7.00. The van der Waals surface area contributed by atoms with Crippen molar-refractivity contribution in [1.29, 1.82) is 5.26 Å². The van der Waals surface area contributed by atoms with Crippen LogP contribution in [-0.4, -0.2) is 17.1 Å². The van der Waals surface area contributed by atoms with Crippen molar-refractivity contribution in [1.82, 2.24) is 0 Å². The Bertz CT molecular complexity index is 1300. The van der Waals surface area contributed by atoms with Crippen molar-refractivity contribution in [3.8, 4) is 6.07 Å². The maximum absolute atomic E-state index is 13.5. The molecule has 1 heterocycles. The lowest BCUT2D eigenvalue weighted by Crippen LogP contribution is -2.30. The van der Waals surface area contributed by atoms with Gasteiger partial charge in [0.2, 0.25) is 5.91 Å². The van der Waals surface area contributed by atoms with E-state index in [0.717, 1.165) is 11.1 Å². The topological polar surface area (TPSA) is 73.2 Å². The summed E-state index contributed by atoms with van der Waals surface area (Å²) in [7, 11) is 0. The van der Waals surface area contributed by atoms with Crippen molar-refractivity contribution in [2.45, 2.75) is 18.6 Å². The lowest BCUT2D eigenvalue weighted by molar-refractivity contribution is -0.117. The Hall–Kier alpha value is -3.24. The molecule has 0 bridgehead atoms. The molecule has 34 heavy (non-hydrogen) atoms. The molecule has 4 rings (SSSR count). The average molecular weight is 508 g/mol. The number of thioether (sulfide) groups is 1. The number of nitrogens with one attached hydrogen (secondary N) is 1. The summed E-state index contributed by atoms with van der Waals surface area (Å²) in [6.45, 7) is 1.95. The van der Waals surface area contributed by atoms with Gasteiger partial charge in [0.05, 0.1) is 5.25 Å². The van der Waals surface area contributed by atoms with Crippen LogP contribution in [0.5, 0.6) is 0 Å². The molecule has 1 saturated heterocycles. The van der Waals surface area contributed by atoms with Gasteiger partial charge in [0.25, 0.3) is 5.91 Å². The van der Waals surface area contributed by atoms with E-state index >= 15 is 0 Å². The number of hydrogen-bond acceptors (Lipinski definition) is 4. The van der Waals surface area contributed by atoms with Gasteiger partial charge >= 0.3 is 0 Å². The Morgan fingerprint density at radius 1 is 1.00 bits per heavy atom.